The molecule has 2 aromatic heterocycles. The number of thiazole rings is 1. The molecule has 244 valence electrons. The van der Waals surface area contributed by atoms with Gasteiger partial charge in [-0.15, -0.1) is 0 Å². The zero-order valence-corrected chi connectivity index (χ0v) is 25.7. The van der Waals surface area contributed by atoms with Crippen molar-refractivity contribution < 1.29 is 31.1 Å². The van der Waals surface area contributed by atoms with Gasteiger partial charge in [0, 0.05) is 54.7 Å². The molecular weight excluding hydrogens is 632 g/mol. The molecule has 15 heteroatoms. The number of aromatic nitrogens is 3. The minimum atomic E-state index is -4.99. The monoisotopic (exact) mass is 663 g/mol. The molecule has 4 fully saturated rings. The van der Waals surface area contributed by atoms with Crippen LogP contribution in [0.3, 0.4) is 0 Å². The minimum absolute atomic E-state index is 0.0659. The molecule has 4 aliphatic heterocycles. The van der Waals surface area contributed by atoms with Crippen LogP contribution in [0.25, 0.3) is 32.2 Å². The Labute approximate surface area is 264 Å². The number of rotatable bonds is 5. The SMILES string of the molecule is CN1C2CCC1CN(c1nc(OCC34CCCN3CC(F)C4)nc3c(F)c(-c4ccc(F)c5sc(N)nc45)c(C(F)(F)F)cc13)C2. The van der Waals surface area contributed by atoms with Crippen LogP contribution in [0.4, 0.5) is 37.3 Å². The highest BCUT2D eigenvalue weighted by molar-refractivity contribution is 7.22. The molecule has 4 saturated heterocycles. The average molecular weight is 664 g/mol. The minimum Gasteiger partial charge on any atom is -0.461 e. The van der Waals surface area contributed by atoms with Crippen molar-refractivity contribution in [1.82, 2.24) is 24.8 Å². The molecule has 8 nitrogen and oxygen atoms in total. The van der Waals surface area contributed by atoms with Crippen LogP contribution in [0.1, 0.15) is 37.7 Å². The van der Waals surface area contributed by atoms with Gasteiger partial charge in [0.15, 0.2) is 10.9 Å². The van der Waals surface area contributed by atoms with Gasteiger partial charge in [-0.1, -0.05) is 11.3 Å². The number of hydrogen-bond donors (Lipinski definition) is 1. The Bertz CT molecular complexity index is 1860. The number of ether oxygens (including phenoxy) is 1. The molecule has 46 heavy (non-hydrogen) atoms. The van der Waals surface area contributed by atoms with E-state index in [0.29, 0.717) is 26.1 Å². The maximum absolute atomic E-state index is 16.9. The maximum Gasteiger partial charge on any atom is 0.417 e. The zero-order chi connectivity index (χ0) is 32.1. The van der Waals surface area contributed by atoms with Gasteiger partial charge in [-0.3, -0.25) is 9.80 Å². The molecule has 0 radical (unpaired) electrons. The highest BCUT2D eigenvalue weighted by atomic mass is 32.1. The van der Waals surface area contributed by atoms with Gasteiger partial charge in [-0.25, -0.2) is 18.2 Å². The van der Waals surface area contributed by atoms with E-state index >= 15 is 4.39 Å². The van der Waals surface area contributed by atoms with Crippen LogP contribution in [0.15, 0.2) is 18.2 Å². The third-order valence-electron chi connectivity index (χ3n) is 10.4. The van der Waals surface area contributed by atoms with E-state index in [0.717, 1.165) is 61.8 Å². The zero-order valence-electron chi connectivity index (χ0n) is 24.9. The number of halogens is 6. The number of fused-ring (bicyclic) bond motifs is 5. The second-order valence-electron chi connectivity index (χ2n) is 13.0. The van der Waals surface area contributed by atoms with E-state index in [9.17, 15) is 22.0 Å². The van der Waals surface area contributed by atoms with Crippen molar-refractivity contribution in [1.29, 1.82) is 0 Å². The summed E-state index contributed by atoms with van der Waals surface area (Å²) in [7, 11) is 2.03. The molecule has 4 atom stereocenters. The average Bonchev–Trinajstić information content (AvgIpc) is 3.70. The second-order valence-corrected chi connectivity index (χ2v) is 14.0. The predicted octanol–water partition coefficient (Wildman–Crippen LogP) is 6.02. The van der Waals surface area contributed by atoms with Crippen LogP contribution in [0.5, 0.6) is 6.01 Å². The smallest absolute Gasteiger partial charge is 0.417 e. The first-order valence-corrected chi connectivity index (χ1v) is 16.2. The highest BCUT2D eigenvalue weighted by Gasteiger charge is 2.49. The van der Waals surface area contributed by atoms with Gasteiger partial charge in [-0.05, 0) is 57.5 Å². The molecule has 8 rings (SSSR count). The van der Waals surface area contributed by atoms with Crippen LogP contribution < -0.4 is 15.4 Å². The van der Waals surface area contributed by atoms with Crippen molar-refractivity contribution in [2.24, 2.45) is 0 Å². The summed E-state index contributed by atoms with van der Waals surface area (Å²) in [6.45, 7) is 2.09. The molecule has 6 heterocycles. The largest absolute Gasteiger partial charge is 0.461 e. The summed E-state index contributed by atoms with van der Waals surface area (Å²) in [5.41, 5.74) is 2.42. The Morgan fingerprint density at radius 1 is 1.07 bits per heavy atom. The van der Waals surface area contributed by atoms with Gasteiger partial charge in [0.2, 0.25) is 0 Å². The normalized spacial score (nSPS) is 26.9. The Hall–Kier alpha value is -3.43. The molecule has 2 N–H and O–H groups in total. The Balaban J connectivity index is 1.32. The quantitative estimate of drug-likeness (QED) is 0.260. The number of likely N-dealkylation sites (N-methyl/N-ethyl adjacent to an activating group) is 1. The number of nitrogen functional groups attached to an aromatic ring is 1. The Morgan fingerprint density at radius 3 is 2.57 bits per heavy atom. The molecule has 4 unspecified atom stereocenters. The van der Waals surface area contributed by atoms with E-state index in [1.807, 2.05) is 11.9 Å². The summed E-state index contributed by atoms with van der Waals surface area (Å²) in [6.07, 6.45) is -2.23. The standard InChI is InChI=1S/C31H31F6N7OS/c1-42-16-3-4-17(42)13-43(12-16)27-19-9-20(31(35,36)37)22(18-5-6-21(33)26-25(18)39-28(38)46-26)23(34)24(19)40-29(41-27)45-14-30-7-2-8-44(30)11-15(32)10-30/h5-6,9,15-17H,2-4,7-8,10-14H2,1H3,(H2,38,39). The van der Waals surface area contributed by atoms with E-state index in [-0.39, 0.29) is 62.3 Å². The molecule has 4 aromatic rings. The van der Waals surface area contributed by atoms with Crippen molar-refractivity contribution in [3.63, 3.8) is 0 Å². The van der Waals surface area contributed by atoms with Gasteiger partial charge >= 0.3 is 12.2 Å². The molecular formula is C31H31F6N7OS. The van der Waals surface area contributed by atoms with E-state index < -0.39 is 40.6 Å². The lowest BCUT2D eigenvalue weighted by Gasteiger charge is -2.40. The molecule has 0 spiro atoms. The first-order chi connectivity index (χ1) is 21.9. The molecule has 0 amide bonds. The fourth-order valence-corrected chi connectivity index (χ4v) is 8.88. The van der Waals surface area contributed by atoms with Crippen molar-refractivity contribution in [3.8, 4) is 17.1 Å². The number of nitrogens with zero attached hydrogens (tertiary/aromatic N) is 6. The predicted molar refractivity (Wildman–Crippen MR) is 163 cm³/mol. The van der Waals surface area contributed by atoms with Crippen molar-refractivity contribution in [3.05, 3.63) is 35.4 Å². The highest BCUT2D eigenvalue weighted by Crippen LogP contribution is 2.47. The first-order valence-electron chi connectivity index (χ1n) is 15.4. The molecule has 0 aliphatic carbocycles. The van der Waals surface area contributed by atoms with Crippen LogP contribution in [0, 0.1) is 11.6 Å². The van der Waals surface area contributed by atoms with E-state index in [1.54, 1.807) is 0 Å². The lowest BCUT2D eigenvalue weighted by Crippen LogP contribution is -2.52. The summed E-state index contributed by atoms with van der Waals surface area (Å²) < 4.78 is 96.4. The van der Waals surface area contributed by atoms with Gasteiger partial charge in [0.1, 0.15) is 29.9 Å². The third kappa shape index (κ3) is 4.67. The summed E-state index contributed by atoms with van der Waals surface area (Å²) in [6, 6.07) is 3.06. The number of hydrogen-bond acceptors (Lipinski definition) is 9. The lowest BCUT2D eigenvalue weighted by molar-refractivity contribution is -0.137. The lowest BCUT2D eigenvalue weighted by atomic mass is 9.94. The molecule has 0 saturated carbocycles. The fourth-order valence-electron chi connectivity index (χ4n) is 8.11. The summed E-state index contributed by atoms with van der Waals surface area (Å²) in [5.74, 6) is -1.82. The maximum atomic E-state index is 16.9. The van der Waals surface area contributed by atoms with Crippen LogP contribution in [-0.4, -0.2) is 88.4 Å². The third-order valence-corrected chi connectivity index (χ3v) is 11.2. The van der Waals surface area contributed by atoms with Gasteiger partial charge in [0.05, 0.1) is 21.3 Å². The second kappa shape index (κ2) is 10.5. The molecule has 2 aromatic carbocycles. The summed E-state index contributed by atoms with van der Waals surface area (Å²) in [4.78, 5) is 19.3. The number of nitrogens with two attached hydrogens (primary N) is 1. The summed E-state index contributed by atoms with van der Waals surface area (Å²) >= 11 is 0.767. The number of anilines is 2. The van der Waals surface area contributed by atoms with Crippen LogP contribution in [0.2, 0.25) is 0 Å². The van der Waals surface area contributed by atoms with E-state index in [1.165, 1.54) is 0 Å². The topological polar surface area (TPSA) is 83.6 Å². The van der Waals surface area contributed by atoms with Crippen molar-refractivity contribution in [2.75, 3.05) is 50.5 Å². The Morgan fingerprint density at radius 2 is 1.83 bits per heavy atom. The Kier molecular flexibility index (Phi) is 6.86. The van der Waals surface area contributed by atoms with Gasteiger partial charge in [-0.2, -0.15) is 23.1 Å². The number of benzene rings is 2. The van der Waals surface area contributed by atoms with Crippen molar-refractivity contribution >= 4 is 43.4 Å². The summed E-state index contributed by atoms with van der Waals surface area (Å²) in [5, 5.41) is -0.171. The fraction of sp³-hybridized carbons (Fsp3) is 0.516. The number of alkyl halides is 4. The van der Waals surface area contributed by atoms with E-state index in [4.69, 9.17) is 10.5 Å². The van der Waals surface area contributed by atoms with Crippen LogP contribution >= 0.6 is 11.3 Å². The van der Waals surface area contributed by atoms with Crippen LogP contribution in [-0.2, 0) is 6.18 Å². The number of piperazine rings is 1. The first kappa shape index (κ1) is 29.9. The van der Waals surface area contributed by atoms with E-state index in [2.05, 4.69) is 24.8 Å². The van der Waals surface area contributed by atoms with Gasteiger partial charge in [0.25, 0.3) is 0 Å². The molecule has 4 aliphatic rings. The van der Waals surface area contributed by atoms with Crippen molar-refractivity contribution in [2.45, 2.75) is 62.1 Å². The van der Waals surface area contributed by atoms with Gasteiger partial charge < -0.3 is 15.4 Å². The molecule has 2 bridgehead atoms.